The zero-order chi connectivity index (χ0) is 15.5. The van der Waals surface area contributed by atoms with E-state index in [2.05, 4.69) is 11.5 Å². The molecule has 0 spiro atoms. The van der Waals surface area contributed by atoms with Crippen molar-refractivity contribution in [3.05, 3.63) is 35.9 Å². The first-order valence-corrected chi connectivity index (χ1v) is 8.01. The smallest absolute Gasteiger partial charge is 0.338 e. The first-order chi connectivity index (χ1) is 10.6. The van der Waals surface area contributed by atoms with Crippen molar-refractivity contribution in [2.75, 3.05) is 6.73 Å². The lowest BCUT2D eigenvalue weighted by Crippen LogP contribution is -2.41. The molecular formula is C18H23NO3. The van der Waals surface area contributed by atoms with Crippen LogP contribution in [-0.2, 0) is 11.3 Å². The van der Waals surface area contributed by atoms with Crippen LogP contribution in [0, 0.1) is 0 Å². The molecule has 0 unspecified atom stereocenters. The van der Waals surface area contributed by atoms with Gasteiger partial charge in [-0.2, -0.15) is 0 Å². The number of hydrogen-bond acceptors (Lipinski definition) is 4. The molecule has 1 aromatic rings. The minimum Gasteiger partial charge on any atom is -0.478 e. The van der Waals surface area contributed by atoms with E-state index in [1.54, 1.807) is 13.0 Å². The van der Waals surface area contributed by atoms with Crippen LogP contribution in [0.5, 0.6) is 11.5 Å². The van der Waals surface area contributed by atoms with Gasteiger partial charge in [-0.1, -0.05) is 25.8 Å². The molecule has 0 radical (unpaired) electrons. The van der Waals surface area contributed by atoms with Crippen molar-refractivity contribution in [3.63, 3.8) is 0 Å². The van der Waals surface area contributed by atoms with Gasteiger partial charge in [0.05, 0.1) is 0 Å². The fraction of sp³-hybridized carbons (Fsp3) is 0.500. The predicted octanol–water partition coefficient (Wildman–Crippen LogP) is 3.65. The van der Waals surface area contributed by atoms with Crippen molar-refractivity contribution < 1.29 is 14.3 Å². The molecule has 4 nitrogen and oxygen atoms in total. The summed E-state index contributed by atoms with van der Waals surface area (Å²) in [7, 11) is 0. The zero-order valence-electron chi connectivity index (χ0n) is 13.1. The Hall–Kier alpha value is -1.81. The van der Waals surface area contributed by atoms with E-state index in [1.807, 2.05) is 12.1 Å². The molecule has 1 saturated carbocycles. The Morgan fingerprint density at radius 1 is 1.32 bits per heavy atom. The number of nitrogens with zero attached hydrogens (tertiary/aromatic N) is 1. The van der Waals surface area contributed by atoms with E-state index in [4.69, 9.17) is 9.47 Å². The van der Waals surface area contributed by atoms with Gasteiger partial charge in [0.25, 0.3) is 0 Å². The van der Waals surface area contributed by atoms with E-state index >= 15 is 0 Å². The average molecular weight is 301 g/mol. The van der Waals surface area contributed by atoms with E-state index < -0.39 is 0 Å². The van der Waals surface area contributed by atoms with Gasteiger partial charge in [0, 0.05) is 23.7 Å². The van der Waals surface area contributed by atoms with E-state index in [0.717, 1.165) is 17.9 Å². The summed E-state index contributed by atoms with van der Waals surface area (Å²) in [4.78, 5) is 14.0. The fourth-order valence-corrected chi connectivity index (χ4v) is 3.18. The number of benzene rings is 1. The van der Waals surface area contributed by atoms with Gasteiger partial charge >= 0.3 is 5.97 Å². The van der Waals surface area contributed by atoms with Crippen LogP contribution in [-0.4, -0.2) is 23.6 Å². The molecule has 1 fully saturated rings. The van der Waals surface area contributed by atoms with Gasteiger partial charge in [0.15, 0.2) is 0 Å². The summed E-state index contributed by atoms with van der Waals surface area (Å²) in [6.45, 7) is 6.77. The third-order valence-corrected chi connectivity index (χ3v) is 4.44. The highest BCUT2D eigenvalue weighted by atomic mass is 16.5. The minimum absolute atomic E-state index is 0.388. The highest BCUT2D eigenvalue weighted by Gasteiger charge is 2.26. The molecule has 0 aromatic heterocycles. The first kappa shape index (κ1) is 15.1. The molecular weight excluding hydrogens is 278 g/mol. The number of esters is 1. The maximum absolute atomic E-state index is 11.6. The van der Waals surface area contributed by atoms with Crippen LogP contribution in [0.1, 0.15) is 44.6 Å². The predicted molar refractivity (Wildman–Crippen MR) is 84.8 cm³/mol. The van der Waals surface area contributed by atoms with Gasteiger partial charge in [0.1, 0.15) is 18.2 Å². The Morgan fingerprint density at radius 2 is 2.09 bits per heavy atom. The molecule has 0 N–H and O–H groups in total. The Labute approximate surface area is 131 Å². The van der Waals surface area contributed by atoms with Crippen LogP contribution in [0.25, 0.3) is 0 Å². The largest absolute Gasteiger partial charge is 0.478 e. The second kappa shape index (κ2) is 6.53. The summed E-state index contributed by atoms with van der Waals surface area (Å²) in [5.41, 5.74) is 1.49. The molecule has 2 aliphatic rings. The number of hydrogen-bond donors (Lipinski definition) is 0. The summed E-state index contributed by atoms with van der Waals surface area (Å²) in [6.07, 6.45) is 6.48. The molecule has 1 aromatic carbocycles. The SMILES string of the molecule is C=C(C)C(=O)Oc1ccc2c(c1)CN(C1CCCCC1)CO2. The number of ether oxygens (including phenoxy) is 2. The molecule has 4 heteroatoms. The lowest BCUT2D eigenvalue weighted by atomic mass is 9.94. The van der Waals surface area contributed by atoms with Gasteiger partial charge < -0.3 is 9.47 Å². The second-order valence-corrected chi connectivity index (χ2v) is 6.25. The fourth-order valence-electron chi connectivity index (χ4n) is 3.18. The molecule has 1 aliphatic heterocycles. The van der Waals surface area contributed by atoms with E-state index in [-0.39, 0.29) is 5.97 Å². The van der Waals surface area contributed by atoms with Crippen molar-refractivity contribution in [2.24, 2.45) is 0 Å². The average Bonchev–Trinajstić information content (AvgIpc) is 2.55. The second-order valence-electron chi connectivity index (χ2n) is 6.25. The van der Waals surface area contributed by atoms with Crippen molar-refractivity contribution >= 4 is 5.97 Å². The number of carbonyl (C=O) groups excluding carboxylic acids is 1. The monoisotopic (exact) mass is 301 g/mol. The van der Waals surface area contributed by atoms with Crippen LogP contribution >= 0.6 is 0 Å². The van der Waals surface area contributed by atoms with Gasteiger partial charge in [-0.25, -0.2) is 4.79 Å². The van der Waals surface area contributed by atoms with Crippen LogP contribution in [0.2, 0.25) is 0 Å². The number of fused-ring (bicyclic) bond motifs is 1. The van der Waals surface area contributed by atoms with Gasteiger partial charge in [0.2, 0.25) is 0 Å². The van der Waals surface area contributed by atoms with Crippen LogP contribution in [0.4, 0.5) is 0 Å². The van der Waals surface area contributed by atoms with E-state index in [9.17, 15) is 4.79 Å². The van der Waals surface area contributed by atoms with Crippen molar-refractivity contribution in [2.45, 2.75) is 51.6 Å². The van der Waals surface area contributed by atoms with Crippen LogP contribution < -0.4 is 9.47 Å². The quantitative estimate of drug-likeness (QED) is 0.485. The first-order valence-electron chi connectivity index (χ1n) is 8.01. The minimum atomic E-state index is -0.388. The molecule has 0 atom stereocenters. The third kappa shape index (κ3) is 3.33. The molecule has 1 heterocycles. The molecule has 0 saturated heterocycles. The molecule has 0 bridgehead atoms. The maximum atomic E-state index is 11.6. The Bertz CT molecular complexity index is 576. The van der Waals surface area contributed by atoms with Crippen molar-refractivity contribution in [1.82, 2.24) is 4.90 Å². The van der Waals surface area contributed by atoms with Gasteiger partial charge in [-0.05, 0) is 38.0 Å². The highest BCUT2D eigenvalue weighted by Crippen LogP contribution is 2.32. The highest BCUT2D eigenvalue weighted by molar-refractivity contribution is 5.88. The van der Waals surface area contributed by atoms with Crippen LogP contribution in [0.3, 0.4) is 0 Å². The molecule has 1 aliphatic carbocycles. The Balaban J connectivity index is 1.71. The summed E-state index contributed by atoms with van der Waals surface area (Å²) in [5, 5.41) is 0. The van der Waals surface area contributed by atoms with Crippen molar-refractivity contribution in [1.29, 1.82) is 0 Å². The van der Waals surface area contributed by atoms with Gasteiger partial charge in [-0.3, -0.25) is 4.90 Å². The maximum Gasteiger partial charge on any atom is 0.338 e. The summed E-state index contributed by atoms with van der Waals surface area (Å²) < 4.78 is 11.2. The summed E-state index contributed by atoms with van der Waals surface area (Å²) in [5.74, 6) is 1.06. The third-order valence-electron chi connectivity index (χ3n) is 4.44. The topological polar surface area (TPSA) is 38.8 Å². The number of carbonyl (C=O) groups is 1. The summed E-state index contributed by atoms with van der Waals surface area (Å²) >= 11 is 0. The molecule has 0 amide bonds. The normalized spacial score (nSPS) is 19.1. The van der Waals surface area contributed by atoms with Crippen molar-refractivity contribution in [3.8, 4) is 11.5 Å². The standard InChI is InChI=1S/C18H23NO3/c1-13(2)18(20)22-16-8-9-17-14(10-16)11-19(12-21-17)15-6-4-3-5-7-15/h8-10,15H,1,3-7,11-12H2,2H3. The summed E-state index contributed by atoms with van der Waals surface area (Å²) in [6, 6.07) is 6.18. The molecule has 118 valence electrons. The lowest BCUT2D eigenvalue weighted by Gasteiger charge is -2.37. The number of rotatable bonds is 3. The van der Waals surface area contributed by atoms with Gasteiger partial charge in [-0.15, -0.1) is 0 Å². The van der Waals surface area contributed by atoms with E-state index in [0.29, 0.717) is 24.1 Å². The lowest BCUT2D eigenvalue weighted by molar-refractivity contribution is -0.130. The van der Waals surface area contributed by atoms with E-state index in [1.165, 1.54) is 32.1 Å². The Kier molecular flexibility index (Phi) is 4.48. The van der Waals surface area contributed by atoms with Crippen LogP contribution in [0.15, 0.2) is 30.4 Å². The Morgan fingerprint density at radius 3 is 2.82 bits per heavy atom. The molecule has 3 rings (SSSR count). The zero-order valence-corrected chi connectivity index (χ0v) is 13.1. The molecule has 22 heavy (non-hydrogen) atoms.